The van der Waals surface area contributed by atoms with Crippen LogP contribution in [0.15, 0.2) is 36.5 Å². The number of anilines is 1. The smallest absolute Gasteiger partial charge is 0.123 e. The zero-order chi connectivity index (χ0) is 14.8. The lowest BCUT2D eigenvalue weighted by molar-refractivity contribution is 0.202. The van der Waals surface area contributed by atoms with E-state index in [1.54, 1.807) is 6.20 Å². The van der Waals surface area contributed by atoms with Gasteiger partial charge in [-0.2, -0.15) is 0 Å². The average molecular weight is 282 g/mol. The lowest BCUT2D eigenvalue weighted by atomic mass is 10.1. The third-order valence-electron chi connectivity index (χ3n) is 4.15. The Labute approximate surface area is 126 Å². The van der Waals surface area contributed by atoms with Crippen LogP contribution in [-0.4, -0.2) is 27.5 Å². The van der Waals surface area contributed by atoms with Gasteiger partial charge in [0.05, 0.1) is 17.4 Å². The third kappa shape index (κ3) is 2.90. The summed E-state index contributed by atoms with van der Waals surface area (Å²) in [5, 5.41) is 0. The normalized spacial score (nSPS) is 19.3. The van der Waals surface area contributed by atoms with Crippen molar-refractivity contribution in [2.45, 2.75) is 38.8 Å². The molecule has 2 N–H and O–H groups in total. The summed E-state index contributed by atoms with van der Waals surface area (Å²) in [5.74, 6) is 0.539. The molecule has 0 bridgehead atoms. The van der Waals surface area contributed by atoms with Gasteiger partial charge < -0.3 is 5.73 Å². The molecule has 2 aromatic rings. The van der Waals surface area contributed by atoms with Crippen LogP contribution in [0.25, 0.3) is 11.3 Å². The molecule has 4 nitrogen and oxygen atoms in total. The number of nitrogens with zero attached hydrogens (tertiary/aromatic N) is 3. The molecule has 4 heteroatoms. The first kappa shape index (κ1) is 14.0. The summed E-state index contributed by atoms with van der Waals surface area (Å²) in [6.07, 6.45) is 4.23. The summed E-state index contributed by atoms with van der Waals surface area (Å²) in [5.41, 5.74) is 8.79. The van der Waals surface area contributed by atoms with Crippen molar-refractivity contribution in [3.8, 4) is 11.3 Å². The highest BCUT2D eigenvalue weighted by atomic mass is 15.2. The van der Waals surface area contributed by atoms with E-state index < -0.39 is 0 Å². The lowest BCUT2D eigenvalue weighted by Gasteiger charge is -2.28. The second kappa shape index (κ2) is 5.82. The highest BCUT2D eigenvalue weighted by Crippen LogP contribution is 2.33. The Balaban J connectivity index is 1.91. The fraction of sp³-hybridized carbons (Fsp3) is 0.412. The van der Waals surface area contributed by atoms with E-state index in [-0.39, 0.29) is 0 Å². The molecule has 0 aromatic carbocycles. The highest BCUT2D eigenvalue weighted by Gasteiger charge is 2.28. The Kier molecular flexibility index (Phi) is 3.88. The van der Waals surface area contributed by atoms with E-state index in [0.29, 0.717) is 17.9 Å². The van der Waals surface area contributed by atoms with Crippen LogP contribution in [0.2, 0.25) is 0 Å². The van der Waals surface area contributed by atoms with E-state index in [9.17, 15) is 0 Å². The molecule has 0 spiro atoms. The van der Waals surface area contributed by atoms with Crippen molar-refractivity contribution in [2.75, 3.05) is 12.3 Å². The summed E-state index contributed by atoms with van der Waals surface area (Å²) in [6.45, 7) is 5.68. The number of aromatic nitrogens is 2. The minimum atomic E-state index is 0.437. The number of pyridine rings is 2. The van der Waals surface area contributed by atoms with Crippen LogP contribution in [0.4, 0.5) is 5.82 Å². The van der Waals surface area contributed by atoms with Crippen LogP contribution in [0.1, 0.15) is 38.4 Å². The second-order valence-corrected chi connectivity index (χ2v) is 5.91. The monoisotopic (exact) mass is 282 g/mol. The fourth-order valence-electron chi connectivity index (χ4n) is 3.08. The van der Waals surface area contributed by atoms with Crippen molar-refractivity contribution in [1.82, 2.24) is 14.9 Å². The van der Waals surface area contributed by atoms with Crippen molar-refractivity contribution in [1.29, 1.82) is 0 Å². The molecular weight excluding hydrogens is 260 g/mol. The first-order valence-electron chi connectivity index (χ1n) is 7.60. The molecule has 1 fully saturated rings. The summed E-state index contributed by atoms with van der Waals surface area (Å²) >= 11 is 0. The molecule has 3 heterocycles. The van der Waals surface area contributed by atoms with E-state index in [0.717, 1.165) is 23.5 Å². The zero-order valence-corrected chi connectivity index (χ0v) is 12.7. The zero-order valence-electron chi connectivity index (χ0n) is 12.7. The van der Waals surface area contributed by atoms with Gasteiger partial charge in [-0.1, -0.05) is 6.07 Å². The van der Waals surface area contributed by atoms with Crippen LogP contribution in [0, 0.1) is 0 Å². The van der Waals surface area contributed by atoms with Crippen LogP contribution in [0.5, 0.6) is 0 Å². The fourth-order valence-corrected chi connectivity index (χ4v) is 3.08. The molecular formula is C17H22N4. The summed E-state index contributed by atoms with van der Waals surface area (Å²) in [4.78, 5) is 11.6. The maximum absolute atomic E-state index is 5.65. The largest absolute Gasteiger partial charge is 0.384 e. The topological polar surface area (TPSA) is 55.0 Å². The Bertz CT molecular complexity index is 606. The molecule has 110 valence electrons. The standard InChI is InChI=1S/C17H22N4/c1-12(2)21-10-4-7-16(21)15-6-3-5-14(20-15)13-8-9-17(18)19-11-13/h3,5-6,8-9,11-12,16H,4,7,10H2,1-2H3,(H2,18,19)/t16-/m1/s1. The number of hydrogen-bond acceptors (Lipinski definition) is 4. The molecule has 0 aliphatic carbocycles. The molecule has 1 atom stereocenters. The molecule has 0 saturated carbocycles. The van der Waals surface area contributed by atoms with E-state index in [1.165, 1.54) is 12.8 Å². The Hall–Kier alpha value is -1.94. The van der Waals surface area contributed by atoms with Crippen LogP contribution in [-0.2, 0) is 0 Å². The quantitative estimate of drug-likeness (QED) is 0.938. The van der Waals surface area contributed by atoms with Crippen molar-refractivity contribution >= 4 is 5.82 Å². The minimum absolute atomic E-state index is 0.437. The number of rotatable bonds is 3. The van der Waals surface area contributed by atoms with Crippen molar-refractivity contribution in [2.24, 2.45) is 0 Å². The van der Waals surface area contributed by atoms with Gasteiger partial charge in [-0.25, -0.2) is 4.98 Å². The van der Waals surface area contributed by atoms with Gasteiger partial charge in [-0.15, -0.1) is 0 Å². The predicted octanol–water partition coefficient (Wildman–Crippen LogP) is 3.27. The summed E-state index contributed by atoms with van der Waals surface area (Å²) < 4.78 is 0. The van der Waals surface area contributed by atoms with Crippen molar-refractivity contribution in [3.63, 3.8) is 0 Å². The van der Waals surface area contributed by atoms with Gasteiger partial charge in [0.2, 0.25) is 0 Å². The van der Waals surface area contributed by atoms with Gasteiger partial charge >= 0.3 is 0 Å². The molecule has 1 aliphatic heterocycles. The van der Waals surface area contributed by atoms with Gasteiger partial charge in [0.25, 0.3) is 0 Å². The first-order chi connectivity index (χ1) is 10.1. The molecule has 0 unspecified atom stereocenters. The van der Waals surface area contributed by atoms with Gasteiger partial charge in [-0.3, -0.25) is 9.88 Å². The highest BCUT2D eigenvalue weighted by molar-refractivity contribution is 5.59. The van der Waals surface area contributed by atoms with Crippen molar-refractivity contribution < 1.29 is 0 Å². The van der Waals surface area contributed by atoms with E-state index in [2.05, 4.69) is 35.9 Å². The maximum atomic E-state index is 5.65. The Morgan fingerprint density at radius 3 is 2.81 bits per heavy atom. The van der Waals surface area contributed by atoms with E-state index in [1.807, 2.05) is 18.2 Å². The van der Waals surface area contributed by atoms with Crippen LogP contribution in [0.3, 0.4) is 0 Å². The third-order valence-corrected chi connectivity index (χ3v) is 4.15. The molecule has 0 amide bonds. The van der Waals surface area contributed by atoms with E-state index in [4.69, 9.17) is 10.7 Å². The lowest BCUT2D eigenvalue weighted by Crippen LogP contribution is -2.30. The van der Waals surface area contributed by atoms with Crippen molar-refractivity contribution in [3.05, 3.63) is 42.2 Å². The summed E-state index contributed by atoms with van der Waals surface area (Å²) in [7, 11) is 0. The number of likely N-dealkylation sites (tertiary alicyclic amines) is 1. The van der Waals surface area contributed by atoms with Gasteiger partial charge in [0.1, 0.15) is 5.82 Å². The Morgan fingerprint density at radius 2 is 2.10 bits per heavy atom. The van der Waals surface area contributed by atoms with E-state index >= 15 is 0 Å². The van der Waals surface area contributed by atoms with Gasteiger partial charge in [0, 0.05) is 17.8 Å². The minimum Gasteiger partial charge on any atom is -0.384 e. The molecule has 0 radical (unpaired) electrons. The van der Waals surface area contributed by atoms with Gasteiger partial charge in [0.15, 0.2) is 0 Å². The summed E-state index contributed by atoms with van der Waals surface area (Å²) in [6, 6.07) is 11.0. The van der Waals surface area contributed by atoms with Gasteiger partial charge in [-0.05, 0) is 57.5 Å². The Morgan fingerprint density at radius 1 is 1.24 bits per heavy atom. The molecule has 1 aliphatic rings. The second-order valence-electron chi connectivity index (χ2n) is 5.91. The number of nitrogens with two attached hydrogens (primary N) is 1. The average Bonchev–Trinajstić information content (AvgIpc) is 2.98. The predicted molar refractivity (Wildman–Crippen MR) is 85.7 cm³/mol. The number of hydrogen-bond donors (Lipinski definition) is 1. The maximum Gasteiger partial charge on any atom is 0.123 e. The first-order valence-corrected chi connectivity index (χ1v) is 7.60. The molecule has 3 rings (SSSR count). The number of nitrogen functional groups attached to an aromatic ring is 1. The molecule has 2 aromatic heterocycles. The molecule has 21 heavy (non-hydrogen) atoms. The van der Waals surface area contributed by atoms with Crippen LogP contribution >= 0.6 is 0 Å². The van der Waals surface area contributed by atoms with Crippen LogP contribution < -0.4 is 5.73 Å². The SMILES string of the molecule is CC(C)N1CCC[C@@H]1c1cccc(-c2ccc(N)nc2)n1. The molecule has 1 saturated heterocycles.